The predicted octanol–water partition coefficient (Wildman–Crippen LogP) is 10.5. The molecule has 5 nitrogen and oxygen atoms in total. The molecule has 0 aliphatic carbocycles. The van der Waals surface area contributed by atoms with Crippen LogP contribution in [0, 0.1) is 5.92 Å². The summed E-state index contributed by atoms with van der Waals surface area (Å²) in [5.41, 5.74) is 9.98. The van der Waals surface area contributed by atoms with E-state index in [9.17, 15) is 0 Å². The van der Waals surface area contributed by atoms with Crippen molar-refractivity contribution in [2.75, 3.05) is 6.61 Å². The van der Waals surface area contributed by atoms with Crippen LogP contribution in [0.3, 0.4) is 0 Å². The Kier molecular flexibility index (Phi) is 9.17. The highest BCUT2D eigenvalue weighted by Crippen LogP contribution is 2.30. The molecule has 0 saturated heterocycles. The molecule has 2 aliphatic heterocycles. The van der Waals surface area contributed by atoms with Crippen LogP contribution < -0.4 is 4.74 Å². The van der Waals surface area contributed by atoms with Gasteiger partial charge in [-0.2, -0.15) is 0 Å². The molecule has 0 radical (unpaired) electrons. The molecular weight excluding hydrogens is 528 g/mol. The van der Waals surface area contributed by atoms with Crippen molar-refractivity contribution in [2.24, 2.45) is 5.92 Å². The highest BCUT2D eigenvalue weighted by molar-refractivity contribution is 5.88. The lowest BCUT2D eigenvalue weighted by molar-refractivity contribution is 0.225. The number of H-pyrrole nitrogens is 2. The van der Waals surface area contributed by atoms with Gasteiger partial charge < -0.3 is 14.7 Å². The first kappa shape index (κ1) is 28.7. The van der Waals surface area contributed by atoms with Gasteiger partial charge in [0, 0.05) is 27.6 Å². The molecule has 43 heavy (non-hydrogen) atoms. The molecule has 2 aliphatic rings. The Balaban J connectivity index is 1.29. The van der Waals surface area contributed by atoms with Crippen LogP contribution in [0.25, 0.3) is 57.5 Å². The van der Waals surface area contributed by atoms with Gasteiger partial charge in [0.15, 0.2) is 0 Å². The van der Waals surface area contributed by atoms with Gasteiger partial charge in [-0.3, -0.25) is 0 Å². The minimum atomic E-state index is 0.631. The minimum Gasteiger partial charge on any atom is -0.493 e. The molecule has 0 saturated carbocycles. The lowest BCUT2D eigenvalue weighted by Gasteiger charge is -2.17. The summed E-state index contributed by atoms with van der Waals surface area (Å²) in [5.74, 6) is 1.57. The number of aromatic nitrogens is 4. The van der Waals surface area contributed by atoms with Crippen LogP contribution in [0.2, 0.25) is 0 Å². The zero-order chi connectivity index (χ0) is 29.4. The Morgan fingerprint density at radius 1 is 0.605 bits per heavy atom. The van der Waals surface area contributed by atoms with E-state index in [0.29, 0.717) is 5.92 Å². The average molecular weight is 571 g/mol. The standard InChI is InChI=1S/C38H42N4O/c1-3-5-7-8-10-27(9-6-4-2)26-43-36-19-11-28(12-20-36)37-24-35-23-33-16-15-31(40-33)21-29-13-14-30(39-29)22-32-17-18-34(41-32)25-38(37)42-35/h11-25,27,39,42H,3-10,26H2,1-2H3. The topological polar surface area (TPSA) is 66.6 Å². The van der Waals surface area contributed by atoms with Crippen molar-refractivity contribution < 1.29 is 4.74 Å². The second-order valence-electron chi connectivity index (χ2n) is 11.8. The van der Waals surface area contributed by atoms with Crippen LogP contribution in [0.15, 0.2) is 66.7 Å². The van der Waals surface area contributed by atoms with Gasteiger partial charge in [-0.1, -0.05) is 64.5 Å². The summed E-state index contributed by atoms with van der Waals surface area (Å²) in [6, 6.07) is 23.2. The van der Waals surface area contributed by atoms with Crippen LogP contribution in [0.4, 0.5) is 0 Å². The van der Waals surface area contributed by atoms with Crippen LogP contribution >= 0.6 is 0 Å². The molecule has 1 aromatic carbocycles. The predicted molar refractivity (Wildman–Crippen MR) is 182 cm³/mol. The summed E-state index contributed by atoms with van der Waals surface area (Å²) in [7, 11) is 0. The van der Waals surface area contributed by atoms with Crippen LogP contribution in [0.5, 0.6) is 5.75 Å². The SMILES string of the molecule is CCCCCCC(CCCC)COc1ccc(-c2cc3cc4nc(cc5ccc(cc6nc(cc2[nH]3)C=C6)[nH]5)C=C4)cc1. The van der Waals surface area contributed by atoms with Crippen LogP contribution in [0.1, 0.15) is 88.0 Å². The van der Waals surface area contributed by atoms with E-state index in [2.05, 4.69) is 109 Å². The maximum Gasteiger partial charge on any atom is 0.119 e. The molecule has 8 bridgehead atoms. The molecule has 4 aromatic rings. The second kappa shape index (κ2) is 13.7. The van der Waals surface area contributed by atoms with Crippen molar-refractivity contribution >= 4 is 46.4 Å². The number of aromatic amines is 2. The van der Waals surface area contributed by atoms with E-state index in [1.54, 1.807) is 0 Å². The van der Waals surface area contributed by atoms with Gasteiger partial charge >= 0.3 is 0 Å². The number of hydrogen-bond donors (Lipinski definition) is 2. The van der Waals surface area contributed by atoms with Gasteiger partial charge in [-0.05, 0) is 103 Å². The number of hydrogen-bond acceptors (Lipinski definition) is 3. The third-order valence-electron chi connectivity index (χ3n) is 8.25. The molecule has 0 fully saturated rings. The van der Waals surface area contributed by atoms with Gasteiger partial charge in [0.2, 0.25) is 0 Å². The first-order valence-electron chi connectivity index (χ1n) is 16.0. The molecule has 1 atom stereocenters. The summed E-state index contributed by atoms with van der Waals surface area (Å²) in [5, 5.41) is 0. The molecule has 3 aromatic heterocycles. The second-order valence-corrected chi connectivity index (χ2v) is 11.8. The van der Waals surface area contributed by atoms with Gasteiger partial charge in [-0.25, -0.2) is 9.97 Å². The lowest BCUT2D eigenvalue weighted by Crippen LogP contribution is -2.12. The average Bonchev–Trinajstić information content (AvgIpc) is 3.82. The molecule has 2 N–H and O–H groups in total. The molecular formula is C38H42N4O. The highest BCUT2D eigenvalue weighted by Gasteiger charge is 2.11. The number of benzene rings is 1. The Bertz CT molecular complexity index is 1760. The molecule has 6 rings (SSSR count). The van der Waals surface area contributed by atoms with Gasteiger partial charge in [0.1, 0.15) is 5.75 Å². The molecule has 5 heterocycles. The van der Waals surface area contributed by atoms with Gasteiger partial charge in [0.25, 0.3) is 0 Å². The quantitative estimate of drug-likeness (QED) is 0.144. The molecule has 0 spiro atoms. The van der Waals surface area contributed by atoms with Crippen LogP contribution in [-0.2, 0) is 0 Å². The zero-order valence-corrected chi connectivity index (χ0v) is 25.4. The van der Waals surface area contributed by atoms with Gasteiger partial charge in [0.05, 0.1) is 29.4 Å². The van der Waals surface area contributed by atoms with Crippen molar-refractivity contribution in [3.8, 4) is 16.9 Å². The Hall–Kier alpha value is -4.38. The Morgan fingerprint density at radius 3 is 1.86 bits per heavy atom. The lowest BCUT2D eigenvalue weighted by atomic mass is 9.96. The number of unbranched alkanes of at least 4 members (excludes halogenated alkanes) is 4. The third kappa shape index (κ3) is 7.53. The molecule has 5 heteroatoms. The fourth-order valence-corrected chi connectivity index (χ4v) is 5.87. The third-order valence-corrected chi connectivity index (χ3v) is 8.25. The zero-order valence-electron chi connectivity index (χ0n) is 25.4. The van der Waals surface area contributed by atoms with E-state index in [4.69, 9.17) is 14.7 Å². The maximum atomic E-state index is 6.33. The molecule has 1 unspecified atom stereocenters. The monoisotopic (exact) mass is 570 g/mol. The summed E-state index contributed by atoms with van der Waals surface area (Å²) in [6.45, 7) is 5.35. The van der Waals surface area contributed by atoms with Crippen molar-refractivity contribution in [3.05, 3.63) is 89.5 Å². The van der Waals surface area contributed by atoms with Crippen molar-refractivity contribution in [1.29, 1.82) is 0 Å². The first-order chi connectivity index (χ1) is 21.1. The number of nitrogens with zero attached hydrogens (tertiary/aromatic N) is 2. The fourth-order valence-electron chi connectivity index (χ4n) is 5.87. The van der Waals surface area contributed by atoms with Crippen molar-refractivity contribution in [1.82, 2.24) is 19.9 Å². The number of ether oxygens (including phenoxy) is 1. The number of nitrogens with one attached hydrogen (secondary N) is 2. The van der Waals surface area contributed by atoms with E-state index >= 15 is 0 Å². The Labute approximate surface area is 254 Å². The van der Waals surface area contributed by atoms with Crippen molar-refractivity contribution in [2.45, 2.75) is 65.2 Å². The van der Waals surface area contributed by atoms with Gasteiger partial charge in [-0.15, -0.1) is 0 Å². The first-order valence-corrected chi connectivity index (χ1v) is 16.0. The number of fused-ring (bicyclic) bond motifs is 8. The van der Waals surface area contributed by atoms with E-state index in [1.165, 1.54) is 51.4 Å². The summed E-state index contributed by atoms with van der Waals surface area (Å²) < 4.78 is 6.33. The normalized spacial score (nSPS) is 13.0. The van der Waals surface area contributed by atoms with Crippen LogP contribution in [-0.4, -0.2) is 26.5 Å². The molecule has 220 valence electrons. The smallest absolute Gasteiger partial charge is 0.119 e. The van der Waals surface area contributed by atoms with E-state index in [0.717, 1.165) is 68.3 Å². The maximum absolute atomic E-state index is 6.33. The summed E-state index contributed by atoms with van der Waals surface area (Å²) >= 11 is 0. The van der Waals surface area contributed by atoms with E-state index in [1.807, 2.05) is 6.08 Å². The van der Waals surface area contributed by atoms with Crippen molar-refractivity contribution in [3.63, 3.8) is 0 Å². The summed E-state index contributed by atoms with van der Waals surface area (Å²) in [6.07, 6.45) is 18.5. The summed E-state index contributed by atoms with van der Waals surface area (Å²) in [4.78, 5) is 16.7. The van der Waals surface area contributed by atoms with E-state index in [-0.39, 0.29) is 0 Å². The number of rotatable bonds is 12. The molecule has 0 amide bonds. The highest BCUT2D eigenvalue weighted by atomic mass is 16.5. The Morgan fingerprint density at radius 2 is 1.21 bits per heavy atom. The fraction of sp³-hybridized carbons (Fsp3) is 0.316. The minimum absolute atomic E-state index is 0.631. The largest absolute Gasteiger partial charge is 0.493 e. The van der Waals surface area contributed by atoms with E-state index < -0.39 is 0 Å².